The van der Waals surface area contributed by atoms with Crippen molar-refractivity contribution in [3.63, 3.8) is 0 Å². The highest BCUT2D eigenvalue weighted by atomic mass is 32.1. The average molecular weight is 313 g/mol. The monoisotopic (exact) mass is 313 g/mol. The number of ether oxygens (including phenoxy) is 1. The number of carbonyl (C=O) groups excluding carboxylic acids is 2. The maximum absolute atomic E-state index is 12.2. The Morgan fingerprint density at radius 3 is 2.52 bits per heavy atom. The molecule has 0 saturated carbocycles. The lowest BCUT2D eigenvalue weighted by atomic mass is 10.0. The van der Waals surface area contributed by atoms with Gasteiger partial charge < -0.3 is 15.4 Å². The van der Waals surface area contributed by atoms with E-state index in [1.807, 2.05) is 19.2 Å². The predicted molar refractivity (Wildman–Crippen MR) is 82.0 cm³/mol. The van der Waals surface area contributed by atoms with Crippen LogP contribution in [0.25, 0.3) is 0 Å². The fraction of sp³-hybridized carbons (Fsp3) is 0.643. The highest BCUT2D eigenvalue weighted by Crippen LogP contribution is 2.09. The Morgan fingerprint density at radius 1 is 1.38 bits per heavy atom. The van der Waals surface area contributed by atoms with Gasteiger partial charge in [-0.2, -0.15) is 0 Å². The molecule has 1 aromatic heterocycles. The van der Waals surface area contributed by atoms with E-state index >= 15 is 0 Å². The van der Waals surface area contributed by atoms with E-state index in [1.54, 1.807) is 27.0 Å². The lowest BCUT2D eigenvalue weighted by molar-refractivity contribution is -0.124. The van der Waals surface area contributed by atoms with Crippen molar-refractivity contribution in [3.8, 4) is 0 Å². The Morgan fingerprint density at radius 2 is 2.05 bits per heavy atom. The third kappa shape index (κ3) is 6.57. The molecule has 0 aliphatic carbocycles. The van der Waals surface area contributed by atoms with Crippen molar-refractivity contribution >= 4 is 23.3 Å². The van der Waals surface area contributed by atoms with Crippen LogP contribution in [0, 0.1) is 5.92 Å². The molecule has 0 aliphatic heterocycles. The fourth-order valence-corrected chi connectivity index (χ4v) is 2.14. The molecule has 2 amide bonds. The van der Waals surface area contributed by atoms with Crippen LogP contribution >= 0.6 is 11.3 Å². The molecule has 0 fully saturated rings. The Balaban J connectivity index is 2.55. The number of nitrogens with zero attached hydrogens (tertiary/aromatic N) is 1. The van der Waals surface area contributed by atoms with Crippen molar-refractivity contribution in [2.75, 3.05) is 0 Å². The van der Waals surface area contributed by atoms with E-state index in [1.165, 1.54) is 11.3 Å². The zero-order valence-electron chi connectivity index (χ0n) is 13.1. The summed E-state index contributed by atoms with van der Waals surface area (Å²) in [6.45, 7) is 9.42. The third-order valence-electron chi connectivity index (χ3n) is 2.52. The molecule has 7 heteroatoms. The number of aromatic nitrogens is 1. The summed E-state index contributed by atoms with van der Waals surface area (Å²) in [5.74, 6) is -0.292. The second kappa shape index (κ2) is 7.40. The first kappa shape index (κ1) is 17.4. The summed E-state index contributed by atoms with van der Waals surface area (Å²) in [5.41, 5.74) is -0.594. The number of hydrogen-bond donors (Lipinski definition) is 2. The van der Waals surface area contributed by atoms with Crippen molar-refractivity contribution in [3.05, 3.63) is 16.6 Å². The first-order valence-electron chi connectivity index (χ1n) is 6.84. The molecule has 0 unspecified atom stereocenters. The van der Waals surface area contributed by atoms with Crippen molar-refractivity contribution in [1.82, 2.24) is 15.6 Å². The topological polar surface area (TPSA) is 80.3 Å². The van der Waals surface area contributed by atoms with Gasteiger partial charge in [0.15, 0.2) is 0 Å². The molecule has 1 atom stereocenters. The molecule has 1 aromatic rings. The van der Waals surface area contributed by atoms with Gasteiger partial charge in [-0.25, -0.2) is 9.78 Å². The Hall–Kier alpha value is -1.63. The predicted octanol–water partition coefficient (Wildman–Crippen LogP) is 2.31. The van der Waals surface area contributed by atoms with Crippen LogP contribution in [-0.4, -0.2) is 28.6 Å². The molecule has 0 aliphatic rings. The Kier molecular flexibility index (Phi) is 6.14. The first-order valence-corrected chi connectivity index (χ1v) is 7.72. The SMILES string of the molecule is CC(C)[C@@H](NC(=O)OC(C)(C)C)C(=O)NCc1nccs1. The normalized spacial score (nSPS) is 12.9. The van der Waals surface area contributed by atoms with Gasteiger partial charge in [-0.05, 0) is 26.7 Å². The molecule has 0 saturated heterocycles. The molecule has 0 bridgehead atoms. The van der Waals surface area contributed by atoms with E-state index in [2.05, 4.69) is 15.6 Å². The third-order valence-corrected chi connectivity index (χ3v) is 3.30. The number of amides is 2. The standard InChI is InChI=1S/C14H23N3O3S/c1-9(2)11(17-13(19)20-14(3,4)5)12(18)16-8-10-15-6-7-21-10/h6-7,9,11H,8H2,1-5H3,(H,16,18)(H,17,19)/t11-/m1/s1. The van der Waals surface area contributed by atoms with E-state index in [0.29, 0.717) is 6.54 Å². The number of alkyl carbamates (subject to hydrolysis) is 1. The molecule has 6 nitrogen and oxygen atoms in total. The zero-order valence-corrected chi connectivity index (χ0v) is 13.9. The van der Waals surface area contributed by atoms with Gasteiger partial charge in [-0.3, -0.25) is 4.79 Å². The molecule has 2 N–H and O–H groups in total. The summed E-state index contributed by atoms with van der Waals surface area (Å²) in [6, 6.07) is -0.639. The molecule has 118 valence electrons. The number of nitrogens with one attached hydrogen (secondary N) is 2. The van der Waals surface area contributed by atoms with Gasteiger partial charge >= 0.3 is 6.09 Å². The molecule has 1 rings (SSSR count). The van der Waals surface area contributed by atoms with Gasteiger partial charge in [0.25, 0.3) is 0 Å². The summed E-state index contributed by atoms with van der Waals surface area (Å²) in [6.07, 6.45) is 1.09. The Labute approximate surface area is 129 Å². The average Bonchev–Trinajstić information content (AvgIpc) is 2.83. The van der Waals surface area contributed by atoms with Gasteiger partial charge in [0.2, 0.25) is 5.91 Å². The van der Waals surface area contributed by atoms with E-state index in [4.69, 9.17) is 4.74 Å². The zero-order chi connectivity index (χ0) is 16.0. The van der Waals surface area contributed by atoms with Crippen LogP contribution in [0.15, 0.2) is 11.6 Å². The van der Waals surface area contributed by atoms with Crippen LogP contribution in [0.5, 0.6) is 0 Å². The van der Waals surface area contributed by atoms with E-state index < -0.39 is 17.7 Å². The smallest absolute Gasteiger partial charge is 0.408 e. The molecule has 0 aromatic carbocycles. The number of carbonyl (C=O) groups is 2. The quantitative estimate of drug-likeness (QED) is 0.874. The maximum Gasteiger partial charge on any atom is 0.408 e. The van der Waals surface area contributed by atoms with Crippen molar-refractivity contribution in [2.45, 2.75) is 52.8 Å². The summed E-state index contributed by atoms with van der Waals surface area (Å²) in [4.78, 5) is 28.1. The molecule has 0 radical (unpaired) electrons. The van der Waals surface area contributed by atoms with Gasteiger partial charge in [0.1, 0.15) is 16.7 Å². The summed E-state index contributed by atoms with van der Waals surface area (Å²) >= 11 is 1.47. The molecule has 21 heavy (non-hydrogen) atoms. The van der Waals surface area contributed by atoms with Crippen molar-refractivity contribution in [1.29, 1.82) is 0 Å². The summed E-state index contributed by atoms with van der Waals surface area (Å²) < 4.78 is 5.18. The molecular formula is C14H23N3O3S. The largest absolute Gasteiger partial charge is 0.444 e. The molecule has 0 spiro atoms. The van der Waals surface area contributed by atoms with E-state index in [0.717, 1.165) is 5.01 Å². The van der Waals surface area contributed by atoms with Crippen molar-refractivity contribution in [2.24, 2.45) is 5.92 Å². The lowest BCUT2D eigenvalue weighted by Gasteiger charge is -2.25. The van der Waals surface area contributed by atoms with E-state index in [9.17, 15) is 9.59 Å². The number of hydrogen-bond acceptors (Lipinski definition) is 5. The highest BCUT2D eigenvalue weighted by molar-refractivity contribution is 7.09. The minimum Gasteiger partial charge on any atom is -0.444 e. The van der Waals surface area contributed by atoms with Gasteiger partial charge in [-0.15, -0.1) is 11.3 Å². The highest BCUT2D eigenvalue weighted by Gasteiger charge is 2.26. The summed E-state index contributed by atoms with van der Waals surface area (Å²) in [5, 5.41) is 8.06. The van der Waals surface area contributed by atoms with Crippen LogP contribution in [-0.2, 0) is 16.1 Å². The second-order valence-corrected chi connectivity index (χ2v) is 6.99. The van der Waals surface area contributed by atoms with Crippen LogP contribution in [0.2, 0.25) is 0 Å². The molecule has 1 heterocycles. The molecular weight excluding hydrogens is 290 g/mol. The summed E-state index contributed by atoms with van der Waals surface area (Å²) in [7, 11) is 0. The van der Waals surface area contributed by atoms with Crippen LogP contribution < -0.4 is 10.6 Å². The van der Waals surface area contributed by atoms with Crippen LogP contribution in [0.3, 0.4) is 0 Å². The van der Waals surface area contributed by atoms with Crippen molar-refractivity contribution < 1.29 is 14.3 Å². The first-order chi connectivity index (χ1) is 9.69. The minimum absolute atomic E-state index is 0.0474. The second-order valence-electron chi connectivity index (χ2n) is 6.01. The maximum atomic E-state index is 12.2. The van der Waals surface area contributed by atoms with Gasteiger partial charge in [0.05, 0.1) is 6.54 Å². The number of rotatable bonds is 5. The van der Waals surface area contributed by atoms with Gasteiger partial charge in [-0.1, -0.05) is 13.8 Å². The van der Waals surface area contributed by atoms with E-state index in [-0.39, 0.29) is 11.8 Å². The lowest BCUT2D eigenvalue weighted by Crippen LogP contribution is -2.50. The van der Waals surface area contributed by atoms with Crippen LogP contribution in [0.4, 0.5) is 4.79 Å². The minimum atomic E-state index is -0.639. The van der Waals surface area contributed by atoms with Crippen LogP contribution in [0.1, 0.15) is 39.6 Å². The number of thiazole rings is 1. The van der Waals surface area contributed by atoms with Gasteiger partial charge in [0, 0.05) is 11.6 Å². The Bertz CT molecular complexity index is 466. The fourth-order valence-electron chi connectivity index (χ4n) is 1.58.